The summed E-state index contributed by atoms with van der Waals surface area (Å²) in [6.07, 6.45) is 1.86. The van der Waals surface area contributed by atoms with Gasteiger partial charge >= 0.3 is 0 Å². The highest BCUT2D eigenvalue weighted by molar-refractivity contribution is 5.79. The average Bonchev–Trinajstić information content (AvgIpc) is 2.31. The molecule has 0 saturated carbocycles. The SMILES string of the molecule is Cc1ccc(CCCNC(CO)C(N)=O)cc1. The molecule has 1 unspecified atom stereocenters. The number of nitrogens with two attached hydrogens (primary N) is 1. The fraction of sp³-hybridized carbons (Fsp3) is 0.462. The molecule has 0 fully saturated rings. The van der Waals surface area contributed by atoms with Crippen LogP contribution in [0.25, 0.3) is 0 Å². The quantitative estimate of drug-likeness (QED) is 0.598. The molecule has 0 aliphatic heterocycles. The van der Waals surface area contributed by atoms with Gasteiger partial charge in [0.05, 0.1) is 6.61 Å². The number of hydrogen-bond acceptors (Lipinski definition) is 3. The van der Waals surface area contributed by atoms with E-state index in [1.165, 1.54) is 11.1 Å². The molecule has 1 aromatic carbocycles. The zero-order chi connectivity index (χ0) is 12.7. The highest BCUT2D eigenvalue weighted by atomic mass is 16.3. The number of rotatable bonds is 7. The molecule has 0 saturated heterocycles. The van der Waals surface area contributed by atoms with E-state index in [1.807, 2.05) is 0 Å². The Morgan fingerprint density at radius 2 is 2.06 bits per heavy atom. The van der Waals surface area contributed by atoms with Gasteiger partial charge in [0, 0.05) is 0 Å². The predicted molar refractivity (Wildman–Crippen MR) is 67.6 cm³/mol. The maximum Gasteiger partial charge on any atom is 0.236 e. The molecule has 17 heavy (non-hydrogen) atoms. The molecule has 0 heterocycles. The molecular formula is C13H20N2O2. The lowest BCUT2D eigenvalue weighted by Gasteiger charge is -2.12. The number of aliphatic hydroxyl groups excluding tert-OH is 1. The van der Waals surface area contributed by atoms with Crippen LogP contribution in [0.15, 0.2) is 24.3 Å². The average molecular weight is 236 g/mol. The highest BCUT2D eigenvalue weighted by Gasteiger charge is 2.11. The molecule has 0 aliphatic carbocycles. The second kappa shape index (κ2) is 7.04. The van der Waals surface area contributed by atoms with Crippen molar-refractivity contribution in [3.63, 3.8) is 0 Å². The standard InChI is InChI=1S/C13H20N2O2/c1-10-4-6-11(7-5-10)3-2-8-15-12(9-16)13(14)17/h4-7,12,15-16H,2-3,8-9H2,1H3,(H2,14,17). The number of amides is 1. The fourth-order valence-corrected chi connectivity index (χ4v) is 1.58. The number of nitrogens with one attached hydrogen (secondary N) is 1. The summed E-state index contributed by atoms with van der Waals surface area (Å²) in [6.45, 7) is 2.48. The van der Waals surface area contributed by atoms with Crippen molar-refractivity contribution in [3.8, 4) is 0 Å². The Labute approximate surface area is 102 Å². The van der Waals surface area contributed by atoms with Gasteiger partial charge in [-0.2, -0.15) is 0 Å². The van der Waals surface area contributed by atoms with Gasteiger partial charge in [0.15, 0.2) is 0 Å². The van der Waals surface area contributed by atoms with Crippen molar-refractivity contribution in [1.82, 2.24) is 5.32 Å². The molecule has 0 radical (unpaired) electrons. The van der Waals surface area contributed by atoms with Crippen molar-refractivity contribution in [2.75, 3.05) is 13.2 Å². The zero-order valence-corrected chi connectivity index (χ0v) is 10.1. The molecule has 4 nitrogen and oxygen atoms in total. The lowest BCUT2D eigenvalue weighted by Crippen LogP contribution is -2.44. The van der Waals surface area contributed by atoms with Crippen LogP contribution in [0.3, 0.4) is 0 Å². The van der Waals surface area contributed by atoms with Crippen molar-refractivity contribution in [3.05, 3.63) is 35.4 Å². The number of hydrogen-bond donors (Lipinski definition) is 3. The second-order valence-electron chi connectivity index (χ2n) is 4.18. The Kier molecular flexibility index (Phi) is 5.66. The summed E-state index contributed by atoms with van der Waals surface area (Å²) in [6, 6.07) is 7.75. The first-order valence-corrected chi connectivity index (χ1v) is 5.82. The summed E-state index contributed by atoms with van der Waals surface area (Å²) < 4.78 is 0. The van der Waals surface area contributed by atoms with Crippen LogP contribution in [-0.2, 0) is 11.2 Å². The molecule has 1 atom stereocenters. The van der Waals surface area contributed by atoms with E-state index in [0.717, 1.165) is 12.8 Å². The fourth-order valence-electron chi connectivity index (χ4n) is 1.58. The van der Waals surface area contributed by atoms with Crippen molar-refractivity contribution in [2.45, 2.75) is 25.8 Å². The van der Waals surface area contributed by atoms with Crippen molar-refractivity contribution in [2.24, 2.45) is 5.73 Å². The first-order chi connectivity index (χ1) is 8.13. The van der Waals surface area contributed by atoms with Gasteiger partial charge in [-0.15, -0.1) is 0 Å². The predicted octanol–water partition coefficient (Wildman–Crippen LogP) is 0.363. The van der Waals surface area contributed by atoms with E-state index in [9.17, 15) is 4.79 Å². The lowest BCUT2D eigenvalue weighted by molar-refractivity contribution is -0.120. The third-order valence-corrected chi connectivity index (χ3v) is 2.68. The minimum absolute atomic E-state index is 0.250. The van der Waals surface area contributed by atoms with E-state index in [1.54, 1.807) is 0 Å². The highest BCUT2D eigenvalue weighted by Crippen LogP contribution is 2.05. The van der Waals surface area contributed by atoms with E-state index in [2.05, 4.69) is 36.5 Å². The smallest absolute Gasteiger partial charge is 0.236 e. The lowest BCUT2D eigenvalue weighted by atomic mass is 10.1. The molecule has 0 spiro atoms. The Balaban J connectivity index is 2.24. The minimum Gasteiger partial charge on any atom is -0.394 e. The first kappa shape index (κ1) is 13.7. The van der Waals surface area contributed by atoms with Crippen LogP contribution in [0.1, 0.15) is 17.5 Å². The molecule has 0 bridgehead atoms. The molecule has 94 valence electrons. The Hall–Kier alpha value is -1.39. The van der Waals surface area contributed by atoms with E-state index in [-0.39, 0.29) is 6.61 Å². The van der Waals surface area contributed by atoms with Crippen LogP contribution < -0.4 is 11.1 Å². The first-order valence-electron chi connectivity index (χ1n) is 5.82. The van der Waals surface area contributed by atoms with Crippen LogP contribution in [0.5, 0.6) is 0 Å². The molecular weight excluding hydrogens is 216 g/mol. The molecule has 4 heteroatoms. The molecule has 0 aromatic heterocycles. The van der Waals surface area contributed by atoms with E-state index in [4.69, 9.17) is 10.8 Å². The molecule has 1 aromatic rings. The van der Waals surface area contributed by atoms with Gasteiger partial charge in [0.2, 0.25) is 5.91 Å². The Morgan fingerprint density at radius 3 is 2.59 bits per heavy atom. The van der Waals surface area contributed by atoms with Gasteiger partial charge in [-0.25, -0.2) is 0 Å². The maximum atomic E-state index is 10.8. The number of carbonyl (C=O) groups is 1. The van der Waals surface area contributed by atoms with Crippen LogP contribution in [0, 0.1) is 6.92 Å². The van der Waals surface area contributed by atoms with E-state index >= 15 is 0 Å². The van der Waals surface area contributed by atoms with Crippen LogP contribution >= 0.6 is 0 Å². The van der Waals surface area contributed by atoms with Gasteiger partial charge in [-0.1, -0.05) is 29.8 Å². The summed E-state index contributed by atoms with van der Waals surface area (Å²) in [5.41, 5.74) is 7.62. The topological polar surface area (TPSA) is 75.3 Å². The molecule has 0 aliphatic rings. The van der Waals surface area contributed by atoms with Crippen molar-refractivity contribution in [1.29, 1.82) is 0 Å². The number of aliphatic hydroxyl groups is 1. The number of aryl methyl sites for hydroxylation is 2. The van der Waals surface area contributed by atoms with Gasteiger partial charge in [-0.3, -0.25) is 4.79 Å². The summed E-state index contributed by atoms with van der Waals surface area (Å²) >= 11 is 0. The van der Waals surface area contributed by atoms with Gasteiger partial charge in [0.1, 0.15) is 6.04 Å². The van der Waals surface area contributed by atoms with Gasteiger partial charge in [-0.05, 0) is 31.9 Å². The van der Waals surface area contributed by atoms with Crippen LogP contribution in [0.4, 0.5) is 0 Å². The van der Waals surface area contributed by atoms with Gasteiger partial charge in [0.25, 0.3) is 0 Å². The van der Waals surface area contributed by atoms with Crippen LogP contribution in [-0.4, -0.2) is 30.2 Å². The largest absolute Gasteiger partial charge is 0.394 e. The Morgan fingerprint density at radius 1 is 1.41 bits per heavy atom. The van der Waals surface area contributed by atoms with Crippen molar-refractivity contribution < 1.29 is 9.90 Å². The maximum absolute atomic E-state index is 10.8. The normalized spacial score (nSPS) is 12.4. The summed E-state index contributed by atoms with van der Waals surface area (Å²) in [5, 5.41) is 11.8. The number of primary amides is 1. The van der Waals surface area contributed by atoms with E-state index in [0.29, 0.717) is 6.54 Å². The summed E-state index contributed by atoms with van der Waals surface area (Å²) in [4.78, 5) is 10.8. The summed E-state index contributed by atoms with van der Waals surface area (Å²) in [7, 11) is 0. The minimum atomic E-state index is -0.631. The third-order valence-electron chi connectivity index (χ3n) is 2.68. The third kappa shape index (κ3) is 4.97. The number of carbonyl (C=O) groups excluding carboxylic acids is 1. The monoisotopic (exact) mass is 236 g/mol. The number of benzene rings is 1. The second-order valence-corrected chi connectivity index (χ2v) is 4.18. The molecule has 1 rings (SSSR count). The Bertz CT molecular complexity index is 349. The molecule has 1 amide bonds. The zero-order valence-electron chi connectivity index (χ0n) is 10.1. The molecule has 4 N–H and O–H groups in total. The van der Waals surface area contributed by atoms with Crippen LogP contribution in [0.2, 0.25) is 0 Å². The van der Waals surface area contributed by atoms with E-state index < -0.39 is 11.9 Å². The van der Waals surface area contributed by atoms with Gasteiger partial charge < -0.3 is 16.2 Å². The van der Waals surface area contributed by atoms with Crippen molar-refractivity contribution >= 4 is 5.91 Å². The summed E-state index contributed by atoms with van der Waals surface area (Å²) in [5.74, 6) is -0.511.